The molecule has 1 aromatic heterocycles. The zero-order chi connectivity index (χ0) is 15.7. The quantitative estimate of drug-likeness (QED) is 0.787. The van der Waals surface area contributed by atoms with E-state index in [-0.39, 0.29) is 17.5 Å². The molecule has 0 amide bonds. The summed E-state index contributed by atoms with van der Waals surface area (Å²) in [7, 11) is 0. The summed E-state index contributed by atoms with van der Waals surface area (Å²) in [5.41, 5.74) is -0.512. The van der Waals surface area contributed by atoms with Gasteiger partial charge in [0.25, 0.3) is 5.56 Å². The van der Waals surface area contributed by atoms with Crippen LogP contribution in [0.25, 0.3) is 10.8 Å². The largest absolute Gasteiger partial charge is 0.416 e. The Morgan fingerprint density at radius 2 is 1.59 bits per heavy atom. The van der Waals surface area contributed by atoms with Crippen molar-refractivity contribution in [2.75, 3.05) is 0 Å². The molecule has 0 fully saturated rings. The molecule has 22 heavy (non-hydrogen) atoms. The summed E-state index contributed by atoms with van der Waals surface area (Å²) in [4.78, 5) is 11.7. The first-order chi connectivity index (χ1) is 10.5. The second kappa shape index (κ2) is 5.29. The molecule has 3 nitrogen and oxygen atoms in total. The maximum atomic E-state index is 13.1. The predicted octanol–water partition coefficient (Wildman–Crippen LogP) is 3.53. The molecule has 3 aromatic rings. The standard InChI is InChI=1S/C16H11F3N2O/c17-16(18,19)13-8-4-1-5-10(13)9-14-11-6-2-3-7-12(11)15(22)21-20-14/h1-8H,9H2,(H,21,22). The number of rotatable bonds is 2. The van der Waals surface area contributed by atoms with Gasteiger partial charge < -0.3 is 0 Å². The van der Waals surface area contributed by atoms with E-state index in [1.54, 1.807) is 30.3 Å². The molecule has 6 heteroatoms. The maximum absolute atomic E-state index is 13.1. The van der Waals surface area contributed by atoms with Gasteiger partial charge in [-0.3, -0.25) is 4.79 Å². The Balaban J connectivity index is 2.13. The van der Waals surface area contributed by atoms with E-state index >= 15 is 0 Å². The molecule has 0 atom stereocenters. The van der Waals surface area contributed by atoms with Gasteiger partial charge in [0, 0.05) is 11.8 Å². The summed E-state index contributed by atoms with van der Waals surface area (Å²) in [6.45, 7) is 0. The minimum Gasteiger partial charge on any atom is -0.267 e. The molecule has 0 radical (unpaired) electrons. The Labute approximate surface area is 123 Å². The topological polar surface area (TPSA) is 45.8 Å². The van der Waals surface area contributed by atoms with Crippen LogP contribution in [0.1, 0.15) is 16.8 Å². The molecule has 3 rings (SSSR count). The van der Waals surface area contributed by atoms with Gasteiger partial charge in [0.15, 0.2) is 0 Å². The normalized spacial score (nSPS) is 11.8. The van der Waals surface area contributed by atoms with Crippen molar-refractivity contribution in [3.05, 3.63) is 75.7 Å². The number of nitrogens with one attached hydrogen (secondary N) is 1. The lowest BCUT2D eigenvalue weighted by molar-refractivity contribution is -0.138. The number of nitrogens with zero attached hydrogens (tertiary/aromatic N) is 1. The van der Waals surface area contributed by atoms with Crippen LogP contribution in [0.2, 0.25) is 0 Å². The van der Waals surface area contributed by atoms with Crippen molar-refractivity contribution >= 4 is 10.8 Å². The lowest BCUT2D eigenvalue weighted by Gasteiger charge is -2.12. The smallest absolute Gasteiger partial charge is 0.267 e. The highest BCUT2D eigenvalue weighted by atomic mass is 19.4. The van der Waals surface area contributed by atoms with Gasteiger partial charge in [-0.2, -0.15) is 18.3 Å². The summed E-state index contributed by atoms with van der Waals surface area (Å²) in [5.74, 6) is 0. The number of aromatic amines is 1. The van der Waals surface area contributed by atoms with Gasteiger partial charge >= 0.3 is 6.18 Å². The summed E-state index contributed by atoms with van der Waals surface area (Å²) < 4.78 is 39.2. The molecule has 0 aliphatic carbocycles. The first-order valence-electron chi connectivity index (χ1n) is 6.58. The van der Waals surface area contributed by atoms with Crippen molar-refractivity contribution in [1.82, 2.24) is 10.2 Å². The third kappa shape index (κ3) is 2.59. The Morgan fingerprint density at radius 1 is 0.955 bits per heavy atom. The third-order valence-electron chi connectivity index (χ3n) is 3.46. The molecule has 0 bridgehead atoms. The van der Waals surface area contributed by atoms with Crippen molar-refractivity contribution in [1.29, 1.82) is 0 Å². The Bertz CT molecular complexity index is 884. The van der Waals surface area contributed by atoms with Crippen LogP contribution >= 0.6 is 0 Å². The molecule has 1 heterocycles. The van der Waals surface area contributed by atoms with Crippen LogP contribution in [-0.2, 0) is 12.6 Å². The van der Waals surface area contributed by atoms with Gasteiger partial charge in [0.1, 0.15) is 0 Å². The number of alkyl halides is 3. The van der Waals surface area contributed by atoms with Gasteiger partial charge in [-0.25, -0.2) is 5.10 Å². The van der Waals surface area contributed by atoms with Crippen LogP contribution in [0.4, 0.5) is 13.2 Å². The second-order valence-electron chi connectivity index (χ2n) is 4.88. The highest BCUT2D eigenvalue weighted by Gasteiger charge is 2.33. The van der Waals surface area contributed by atoms with Crippen LogP contribution in [-0.4, -0.2) is 10.2 Å². The van der Waals surface area contributed by atoms with Gasteiger partial charge in [0.2, 0.25) is 0 Å². The highest BCUT2D eigenvalue weighted by Crippen LogP contribution is 2.33. The molecule has 2 aromatic carbocycles. The first-order valence-corrected chi connectivity index (χ1v) is 6.58. The minimum absolute atomic E-state index is 0.00697. The zero-order valence-corrected chi connectivity index (χ0v) is 11.3. The van der Waals surface area contributed by atoms with E-state index < -0.39 is 11.7 Å². The average molecular weight is 304 g/mol. The first kappa shape index (κ1) is 14.3. The van der Waals surface area contributed by atoms with Gasteiger partial charge in [0.05, 0.1) is 16.6 Å². The summed E-state index contributed by atoms with van der Waals surface area (Å²) in [6, 6.07) is 12.1. The van der Waals surface area contributed by atoms with Crippen molar-refractivity contribution in [2.24, 2.45) is 0 Å². The van der Waals surface area contributed by atoms with Crippen LogP contribution in [0.3, 0.4) is 0 Å². The summed E-state index contributed by atoms with van der Waals surface area (Å²) in [5, 5.41) is 7.23. The number of hydrogen-bond acceptors (Lipinski definition) is 2. The lowest BCUT2D eigenvalue weighted by Crippen LogP contribution is -2.13. The fourth-order valence-electron chi connectivity index (χ4n) is 2.44. The molecule has 0 spiro atoms. The Hall–Kier alpha value is -2.63. The van der Waals surface area contributed by atoms with E-state index in [4.69, 9.17) is 0 Å². The number of aromatic nitrogens is 2. The molecule has 0 saturated heterocycles. The summed E-state index contributed by atoms with van der Waals surface area (Å²) >= 11 is 0. The monoisotopic (exact) mass is 304 g/mol. The fraction of sp³-hybridized carbons (Fsp3) is 0.125. The predicted molar refractivity (Wildman–Crippen MR) is 76.6 cm³/mol. The Kier molecular flexibility index (Phi) is 3.44. The van der Waals surface area contributed by atoms with Crippen LogP contribution in [0.15, 0.2) is 53.3 Å². The number of benzene rings is 2. The molecular formula is C16H11F3N2O. The van der Waals surface area contributed by atoms with E-state index in [1.165, 1.54) is 12.1 Å². The molecule has 112 valence electrons. The number of halogens is 3. The van der Waals surface area contributed by atoms with Crippen molar-refractivity contribution in [3.8, 4) is 0 Å². The molecule has 0 unspecified atom stereocenters. The third-order valence-corrected chi connectivity index (χ3v) is 3.46. The maximum Gasteiger partial charge on any atom is 0.416 e. The lowest BCUT2D eigenvalue weighted by atomic mass is 10.00. The Morgan fingerprint density at radius 3 is 2.32 bits per heavy atom. The molecule has 0 saturated carbocycles. The van der Waals surface area contributed by atoms with Gasteiger partial charge in [-0.1, -0.05) is 36.4 Å². The molecule has 1 N–H and O–H groups in total. The SMILES string of the molecule is O=c1[nH]nc(Cc2ccccc2C(F)(F)F)c2ccccc12. The van der Waals surface area contributed by atoms with Gasteiger partial charge in [-0.15, -0.1) is 0 Å². The van der Waals surface area contributed by atoms with E-state index in [9.17, 15) is 18.0 Å². The van der Waals surface area contributed by atoms with Crippen molar-refractivity contribution < 1.29 is 13.2 Å². The zero-order valence-electron chi connectivity index (χ0n) is 11.3. The fourth-order valence-corrected chi connectivity index (χ4v) is 2.44. The van der Waals surface area contributed by atoms with Crippen molar-refractivity contribution in [2.45, 2.75) is 12.6 Å². The minimum atomic E-state index is -4.42. The number of hydrogen-bond donors (Lipinski definition) is 1. The van der Waals surface area contributed by atoms with Gasteiger partial charge in [-0.05, 0) is 17.7 Å². The van der Waals surface area contributed by atoms with E-state index in [2.05, 4.69) is 10.2 Å². The van der Waals surface area contributed by atoms with E-state index in [0.29, 0.717) is 16.5 Å². The highest BCUT2D eigenvalue weighted by molar-refractivity contribution is 5.83. The molecule has 0 aliphatic rings. The van der Waals surface area contributed by atoms with E-state index in [1.807, 2.05) is 0 Å². The van der Waals surface area contributed by atoms with E-state index in [0.717, 1.165) is 6.07 Å². The van der Waals surface area contributed by atoms with Crippen LogP contribution in [0, 0.1) is 0 Å². The number of H-pyrrole nitrogens is 1. The molecule has 0 aliphatic heterocycles. The molecular weight excluding hydrogens is 293 g/mol. The number of fused-ring (bicyclic) bond motifs is 1. The average Bonchev–Trinajstić information content (AvgIpc) is 2.50. The van der Waals surface area contributed by atoms with Crippen molar-refractivity contribution in [3.63, 3.8) is 0 Å². The van der Waals surface area contributed by atoms with Crippen LogP contribution in [0.5, 0.6) is 0 Å². The summed E-state index contributed by atoms with van der Waals surface area (Å²) in [6.07, 6.45) is -4.43. The second-order valence-corrected chi connectivity index (χ2v) is 4.88. The van der Waals surface area contributed by atoms with Crippen LogP contribution < -0.4 is 5.56 Å².